The molecule has 0 aromatic rings. The highest BCUT2D eigenvalue weighted by Crippen LogP contribution is 1.92. The molecule has 0 aliphatic carbocycles. The quantitative estimate of drug-likeness (QED) is 0.368. The maximum Gasteiger partial charge on any atom is 0.336 e. The molecule has 0 fully saturated rings. The molecule has 0 aromatic heterocycles. The Morgan fingerprint density at radius 1 is 1.50 bits per heavy atom. The van der Waals surface area contributed by atoms with E-state index in [-0.39, 0.29) is 18.2 Å². The third kappa shape index (κ3) is 7.17. The lowest BCUT2D eigenvalue weighted by Gasteiger charge is -2.08. The van der Waals surface area contributed by atoms with Gasteiger partial charge in [0.2, 0.25) is 0 Å². The summed E-state index contributed by atoms with van der Waals surface area (Å²) in [4.78, 5) is 10.7. The number of carbonyl (C=O) groups is 1. The molecular formula is C6H13ClN2O3. The van der Waals surface area contributed by atoms with Crippen molar-refractivity contribution in [2.75, 3.05) is 7.11 Å². The molecule has 72 valence electrons. The molecule has 0 amide bonds. The SMILES string of the molecule is COC(C)OC(=O)C=C(N)N.Cl. The number of carbonyl (C=O) groups excluding carboxylic acids is 1. The number of ether oxygens (including phenoxy) is 2. The predicted octanol–water partition coefficient (Wildman–Crippen LogP) is -0.297. The van der Waals surface area contributed by atoms with Gasteiger partial charge in [0.25, 0.3) is 0 Å². The maximum atomic E-state index is 10.7. The van der Waals surface area contributed by atoms with Gasteiger partial charge in [0.05, 0.1) is 6.08 Å². The smallest absolute Gasteiger partial charge is 0.336 e. The molecule has 4 N–H and O–H groups in total. The van der Waals surface area contributed by atoms with Crippen LogP contribution in [-0.2, 0) is 14.3 Å². The van der Waals surface area contributed by atoms with Crippen LogP contribution in [0.15, 0.2) is 11.9 Å². The molecule has 0 bridgehead atoms. The Kier molecular flexibility index (Phi) is 7.67. The van der Waals surface area contributed by atoms with Gasteiger partial charge in [0.1, 0.15) is 5.82 Å². The van der Waals surface area contributed by atoms with E-state index in [0.717, 1.165) is 6.08 Å². The first-order chi connectivity index (χ1) is 5.06. The summed E-state index contributed by atoms with van der Waals surface area (Å²) in [6.45, 7) is 1.58. The van der Waals surface area contributed by atoms with Gasteiger partial charge in [-0.25, -0.2) is 4.79 Å². The molecule has 0 saturated heterocycles. The molecular weight excluding hydrogens is 184 g/mol. The standard InChI is InChI=1S/C6H12N2O3.ClH/c1-4(10-2)11-6(9)3-5(7)8;/h3-4H,7-8H2,1-2H3;1H. The molecule has 0 aliphatic rings. The van der Waals surface area contributed by atoms with Gasteiger partial charge < -0.3 is 20.9 Å². The van der Waals surface area contributed by atoms with E-state index in [9.17, 15) is 4.79 Å². The van der Waals surface area contributed by atoms with Gasteiger partial charge in [-0.15, -0.1) is 12.4 Å². The largest absolute Gasteiger partial charge is 0.433 e. The summed E-state index contributed by atoms with van der Waals surface area (Å²) in [5, 5.41) is 0. The van der Waals surface area contributed by atoms with Gasteiger partial charge in [-0.05, 0) is 6.92 Å². The summed E-state index contributed by atoms with van der Waals surface area (Å²) >= 11 is 0. The average molecular weight is 197 g/mol. The van der Waals surface area contributed by atoms with Gasteiger partial charge in [0.15, 0.2) is 6.29 Å². The molecule has 0 aliphatic heterocycles. The van der Waals surface area contributed by atoms with E-state index in [4.69, 9.17) is 11.5 Å². The van der Waals surface area contributed by atoms with Crippen molar-refractivity contribution in [2.24, 2.45) is 11.5 Å². The van der Waals surface area contributed by atoms with E-state index in [1.54, 1.807) is 6.92 Å². The Bertz CT molecular complexity index is 168. The second-order valence-corrected chi connectivity index (χ2v) is 1.88. The highest BCUT2D eigenvalue weighted by atomic mass is 35.5. The molecule has 0 saturated carbocycles. The first-order valence-electron chi connectivity index (χ1n) is 3.02. The molecule has 0 spiro atoms. The molecule has 0 radical (unpaired) electrons. The predicted molar refractivity (Wildman–Crippen MR) is 46.3 cm³/mol. The number of nitrogens with two attached hydrogens (primary N) is 2. The number of esters is 1. The van der Waals surface area contributed by atoms with E-state index in [1.165, 1.54) is 7.11 Å². The highest BCUT2D eigenvalue weighted by Gasteiger charge is 2.04. The van der Waals surface area contributed by atoms with Crippen molar-refractivity contribution in [1.82, 2.24) is 0 Å². The van der Waals surface area contributed by atoms with Crippen LogP contribution < -0.4 is 11.5 Å². The summed E-state index contributed by atoms with van der Waals surface area (Å²) in [5.41, 5.74) is 10.0. The van der Waals surface area contributed by atoms with Crippen LogP contribution >= 0.6 is 12.4 Å². The number of halogens is 1. The summed E-state index contributed by atoms with van der Waals surface area (Å²) in [5.74, 6) is -0.697. The van der Waals surface area contributed by atoms with Crippen molar-refractivity contribution in [3.8, 4) is 0 Å². The number of hydrogen-bond acceptors (Lipinski definition) is 5. The number of methoxy groups -OCH3 is 1. The van der Waals surface area contributed by atoms with Crippen LogP contribution in [-0.4, -0.2) is 19.4 Å². The monoisotopic (exact) mass is 196 g/mol. The van der Waals surface area contributed by atoms with Gasteiger partial charge in [-0.3, -0.25) is 0 Å². The van der Waals surface area contributed by atoms with Crippen molar-refractivity contribution < 1.29 is 14.3 Å². The van der Waals surface area contributed by atoms with E-state index in [0.29, 0.717) is 0 Å². The minimum Gasteiger partial charge on any atom is -0.433 e. The van der Waals surface area contributed by atoms with Crippen LogP contribution in [0.4, 0.5) is 0 Å². The van der Waals surface area contributed by atoms with Crippen LogP contribution in [0, 0.1) is 0 Å². The summed E-state index contributed by atoms with van der Waals surface area (Å²) < 4.78 is 9.26. The lowest BCUT2D eigenvalue weighted by Crippen LogP contribution is -2.17. The zero-order valence-electron chi connectivity index (χ0n) is 6.94. The Hall–Kier alpha value is -0.940. The fraction of sp³-hybridized carbons (Fsp3) is 0.500. The van der Waals surface area contributed by atoms with Gasteiger partial charge in [0, 0.05) is 7.11 Å². The fourth-order valence-corrected chi connectivity index (χ4v) is 0.382. The van der Waals surface area contributed by atoms with Crippen molar-refractivity contribution >= 4 is 18.4 Å². The summed E-state index contributed by atoms with van der Waals surface area (Å²) in [7, 11) is 1.42. The second-order valence-electron chi connectivity index (χ2n) is 1.88. The molecule has 6 heteroatoms. The Morgan fingerprint density at radius 3 is 2.33 bits per heavy atom. The van der Waals surface area contributed by atoms with Crippen LogP contribution in [0.2, 0.25) is 0 Å². The van der Waals surface area contributed by atoms with Gasteiger partial charge in [-0.2, -0.15) is 0 Å². The molecule has 1 atom stereocenters. The zero-order valence-corrected chi connectivity index (χ0v) is 7.76. The third-order valence-corrected chi connectivity index (χ3v) is 0.899. The van der Waals surface area contributed by atoms with E-state index in [2.05, 4.69) is 9.47 Å². The van der Waals surface area contributed by atoms with Crippen molar-refractivity contribution in [1.29, 1.82) is 0 Å². The van der Waals surface area contributed by atoms with Gasteiger partial charge in [-0.1, -0.05) is 0 Å². The Morgan fingerprint density at radius 2 is 2.00 bits per heavy atom. The minimum absolute atomic E-state index is 0. The fourth-order valence-electron chi connectivity index (χ4n) is 0.382. The number of rotatable bonds is 3. The molecule has 0 rings (SSSR count). The summed E-state index contributed by atoms with van der Waals surface area (Å²) in [6.07, 6.45) is 0.397. The molecule has 12 heavy (non-hydrogen) atoms. The van der Waals surface area contributed by atoms with Gasteiger partial charge >= 0.3 is 5.97 Å². The van der Waals surface area contributed by atoms with E-state index >= 15 is 0 Å². The molecule has 5 nitrogen and oxygen atoms in total. The first-order valence-corrected chi connectivity index (χ1v) is 3.02. The molecule has 0 heterocycles. The molecule has 1 unspecified atom stereocenters. The van der Waals surface area contributed by atoms with Crippen molar-refractivity contribution in [3.05, 3.63) is 11.9 Å². The number of hydrogen-bond donors (Lipinski definition) is 2. The Balaban J connectivity index is 0. The topological polar surface area (TPSA) is 87.6 Å². The lowest BCUT2D eigenvalue weighted by atomic mass is 10.5. The van der Waals surface area contributed by atoms with Crippen molar-refractivity contribution in [3.63, 3.8) is 0 Å². The van der Waals surface area contributed by atoms with E-state index < -0.39 is 12.3 Å². The second kappa shape index (κ2) is 6.75. The van der Waals surface area contributed by atoms with Crippen LogP contribution in [0.25, 0.3) is 0 Å². The normalized spacial score (nSPS) is 10.8. The minimum atomic E-state index is -0.612. The highest BCUT2D eigenvalue weighted by molar-refractivity contribution is 5.85. The summed E-state index contributed by atoms with van der Waals surface area (Å²) in [6, 6.07) is 0. The zero-order chi connectivity index (χ0) is 8.85. The van der Waals surface area contributed by atoms with Crippen LogP contribution in [0.3, 0.4) is 0 Å². The third-order valence-electron chi connectivity index (χ3n) is 0.899. The molecule has 0 aromatic carbocycles. The lowest BCUT2D eigenvalue weighted by molar-refractivity contribution is -0.163. The van der Waals surface area contributed by atoms with Crippen LogP contribution in [0.1, 0.15) is 6.92 Å². The van der Waals surface area contributed by atoms with E-state index in [1.807, 2.05) is 0 Å². The van der Waals surface area contributed by atoms with Crippen LogP contribution in [0.5, 0.6) is 0 Å². The maximum absolute atomic E-state index is 10.7. The van der Waals surface area contributed by atoms with Crippen molar-refractivity contribution in [2.45, 2.75) is 13.2 Å². The average Bonchev–Trinajstić information content (AvgIpc) is 1.85. The first kappa shape index (κ1) is 13.6. The Labute approximate surface area is 77.1 Å².